The standard InChI is InChI=1S/C16H17ClN4/c1-16(2,3)15-20-12(10-5-4-6-11(17)9-10)13-14(18)19-7-8-21(13)15/h4-9H,1-3H3,(H2,18,19). The number of rotatable bonds is 1. The first-order valence-corrected chi connectivity index (χ1v) is 7.14. The number of anilines is 1. The molecule has 0 aliphatic heterocycles. The summed E-state index contributed by atoms with van der Waals surface area (Å²) in [4.78, 5) is 9.01. The predicted molar refractivity (Wildman–Crippen MR) is 86.5 cm³/mol. The highest BCUT2D eigenvalue weighted by molar-refractivity contribution is 6.30. The second-order valence-electron chi connectivity index (χ2n) is 6.08. The van der Waals surface area contributed by atoms with Crippen LogP contribution in [0.25, 0.3) is 16.8 Å². The molecule has 3 aromatic rings. The van der Waals surface area contributed by atoms with Crippen molar-refractivity contribution >= 4 is 22.9 Å². The van der Waals surface area contributed by atoms with Gasteiger partial charge < -0.3 is 5.73 Å². The Kier molecular flexibility index (Phi) is 3.14. The highest BCUT2D eigenvalue weighted by Gasteiger charge is 2.24. The number of benzene rings is 1. The van der Waals surface area contributed by atoms with Gasteiger partial charge in [0.2, 0.25) is 0 Å². The topological polar surface area (TPSA) is 56.2 Å². The van der Waals surface area contributed by atoms with E-state index in [1.807, 2.05) is 34.9 Å². The second kappa shape index (κ2) is 4.74. The quantitative estimate of drug-likeness (QED) is 0.741. The molecule has 0 unspecified atom stereocenters. The third-order valence-corrected chi connectivity index (χ3v) is 3.59. The Morgan fingerprint density at radius 1 is 1.24 bits per heavy atom. The number of hydrogen-bond acceptors (Lipinski definition) is 3. The molecule has 0 radical (unpaired) electrons. The van der Waals surface area contributed by atoms with E-state index in [2.05, 4.69) is 25.8 Å². The molecule has 0 aliphatic carbocycles. The molecule has 3 rings (SSSR count). The number of nitrogen functional groups attached to an aromatic ring is 1. The van der Waals surface area contributed by atoms with Crippen molar-refractivity contribution in [2.24, 2.45) is 0 Å². The molecule has 0 bridgehead atoms. The van der Waals surface area contributed by atoms with Crippen molar-refractivity contribution in [3.8, 4) is 11.3 Å². The van der Waals surface area contributed by atoms with Crippen LogP contribution in [0.1, 0.15) is 26.6 Å². The second-order valence-corrected chi connectivity index (χ2v) is 6.51. The Bertz CT molecular complexity index is 815. The number of fused-ring (bicyclic) bond motifs is 1. The number of nitrogens with two attached hydrogens (primary N) is 1. The minimum Gasteiger partial charge on any atom is -0.382 e. The molecule has 0 fully saturated rings. The summed E-state index contributed by atoms with van der Waals surface area (Å²) in [5, 5.41) is 0.674. The zero-order valence-corrected chi connectivity index (χ0v) is 13.0. The number of imidazole rings is 1. The number of halogens is 1. The van der Waals surface area contributed by atoms with Gasteiger partial charge in [-0.1, -0.05) is 44.5 Å². The van der Waals surface area contributed by atoms with Crippen LogP contribution in [0.5, 0.6) is 0 Å². The fraction of sp³-hybridized carbons (Fsp3) is 0.250. The highest BCUT2D eigenvalue weighted by atomic mass is 35.5. The van der Waals surface area contributed by atoms with Gasteiger partial charge in [0.05, 0.1) is 0 Å². The van der Waals surface area contributed by atoms with Crippen molar-refractivity contribution < 1.29 is 0 Å². The van der Waals surface area contributed by atoms with Crippen LogP contribution in [0, 0.1) is 0 Å². The fourth-order valence-electron chi connectivity index (χ4n) is 2.43. The van der Waals surface area contributed by atoms with Crippen LogP contribution in [0.4, 0.5) is 5.82 Å². The molecular formula is C16H17ClN4. The van der Waals surface area contributed by atoms with E-state index < -0.39 is 0 Å². The third kappa shape index (κ3) is 2.36. The van der Waals surface area contributed by atoms with Crippen LogP contribution in [0.2, 0.25) is 5.02 Å². The summed E-state index contributed by atoms with van der Waals surface area (Å²) in [5.41, 5.74) is 8.56. The molecule has 4 nitrogen and oxygen atoms in total. The van der Waals surface area contributed by atoms with Gasteiger partial charge >= 0.3 is 0 Å². The zero-order chi connectivity index (χ0) is 15.2. The van der Waals surface area contributed by atoms with E-state index in [4.69, 9.17) is 22.3 Å². The van der Waals surface area contributed by atoms with Crippen LogP contribution < -0.4 is 5.73 Å². The molecule has 0 aliphatic rings. The van der Waals surface area contributed by atoms with Crippen molar-refractivity contribution in [2.45, 2.75) is 26.2 Å². The average molecular weight is 301 g/mol. The van der Waals surface area contributed by atoms with Crippen molar-refractivity contribution in [3.63, 3.8) is 0 Å². The molecule has 0 amide bonds. The Labute approximate surface area is 128 Å². The van der Waals surface area contributed by atoms with Gasteiger partial charge in [-0.2, -0.15) is 0 Å². The molecule has 21 heavy (non-hydrogen) atoms. The maximum atomic E-state index is 6.10. The Morgan fingerprint density at radius 2 is 2.00 bits per heavy atom. The predicted octanol–water partition coefficient (Wildman–Crippen LogP) is 3.93. The Hall–Kier alpha value is -2.07. The van der Waals surface area contributed by atoms with Crippen LogP contribution in [0.3, 0.4) is 0 Å². The van der Waals surface area contributed by atoms with Crippen LogP contribution in [-0.4, -0.2) is 14.4 Å². The molecule has 1 aromatic carbocycles. The third-order valence-electron chi connectivity index (χ3n) is 3.35. The molecule has 0 atom stereocenters. The van der Waals surface area contributed by atoms with Gasteiger partial charge in [0.1, 0.15) is 22.9 Å². The largest absolute Gasteiger partial charge is 0.382 e. The number of aromatic nitrogens is 3. The summed E-state index contributed by atoms with van der Waals surface area (Å²) in [6.07, 6.45) is 3.59. The molecule has 0 saturated heterocycles. The lowest BCUT2D eigenvalue weighted by Crippen LogP contribution is -2.16. The summed E-state index contributed by atoms with van der Waals surface area (Å²) >= 11 is 6.10. The summed E-state index contributed by atoms with van der Waals surface area (Å²) in [6.45, 7) is 6.38. The van der Waals surface area contributed by atoms with E-state index in [0.717, 1.165) is 22.6 Å². The average Bonchev–Trinajstić information content (AvgIpc) is 2.79. The van der Waals surface area contributed by atoms with E-state index in [0.29, 0.717) is 10.8 Å². The molecule has 0 spiro atoms. The first-order valence-electron chi connectivity index (χ1n) is 6.77. The van der Waals surface area contributed by atoms with Crippen molar-refractivity contribution in [1.29, 1.82) is 0 Å². The summed E-state index contributed by atoms with van der Waals surface area (Å²) in [5.74, 6) is 1.41. The van der Waals surface area contributed by atoms with Gasteiger partial charge in [-0.25, -0.2) is 9.97 Å². The maximum absolute atomic E-state index is 6.10. The first-order chi connectivity index (χ1) is 9.88. The van der Waals surface area contributed by atoms with E-state index >= 15 is 0 Å². The lowest BCUT2D eigenvalue weighted by molar-refractivity contribution is 0.543. The van der Waals surface area contributed by atoms with Gasteiger partial charge in [0, 0.05) is 28.4 Å². The van der Waals surface area contributed by atoms with Crippen LogP contribution in [0.15, 0.2) is 36.7 Å². The summed E-state index contributed by atoms with van der Waals surface area (Å²) in [6, 6.07) is 7.62. The highest BCUT2D eigenvalue weighted by Crippen LogP contribution is 2.33. The van der Waals surface area contributed by atoms with Gasteiger partial charge in [-0.3, -0.25) is 4.40 Å². The smallest absolute Gasteiger partial charge is 0.150 e. The lowest BCUT2D eigenvalue weighted by Gasteiger charge is -2.16. The lowest BCUT2D eigenvalue weighted by atomic mass is 9.96. The Morgan fingerprint density at radius 3 is 2.67 bits per heavy atom. The minimum absolute atomic E-state index is 0.104. The summed E-state index contributed by atoms with van der Waals surface area (Å²) in [7, 11) is 0. The maximum Gasteiger partial charge on any atom is 0.150 e. The zero-order valence-electron chi connectivity index (χ0n) is 12.3. The molecule has 0 saturated carbocycles. The van der Waals surface area contributed by atoms with Crippen LogP contribution in [-0.2, 0) is 5.41 Å². The van der Waals surface area contributed by atoms with Gasteiger partial charge in [-0.05, 0) is 12.1 Å². The van der Waals surface area contributed by atoms with E-state index in [-0.39, 0.29) is 5.41 Å². The Balaban J connectivity index is 2.38. The molecule has 108 valence electrons. The monoisotopic (exact) mass is 300 g/mol. The van der Waals surface area contributed by atoms with Gasteiger partial charge in [0.15, 0.2) is 0 Å². The summed E-state index contributed by atoms with van der Waals surface area (Å²) < 4.78 is 2.01. The van der Waals surface area contributed by atoms with Gasteiger partial charge in [-0.15, -0.1) is 0 Å². The number of hydrogen-bond donors (Lipinski definition) is 1. The van der Waals surface area contributed by atoms with Crippen molar-refractivity contribution in [3.05, 3.63) is 47.5 Å². The van der Waals surface area contributed by atoms with Crippen molar-refractivity contribution in [2.75, 3.05) is 5.73 Å². The van der Waals surface area contributed by atoms with Crippen LogP contribution >= 0.6 is 11.6 Å². The van der Waals surface area contributed by atoms with E-state index in [9.17, 15) is 0 Å². The molecule has 5 heteroatoms. The van der Waals surface area contributed by atoms with E-state index in [1.165, 1.54) is 0 Å². The van der Waals surface area contributed by atoms with Gasteiger partial charge in [0.25, 0.3) is 0 Å². The fourth-order valence-corrected chi connectivity index (χ4v) is 2.62. The van der Waals surface area contributed by atoms with Crippen molar-refractivity contribution in [1.82, 2.24) is 14.4 Å². The molecule has 2 heterocycles. The molecule has 2 aromatic heterocycles. The molecular weight excluding hydrogens is 284 g/mol. The first kappa shape index (κ1) is 13.9. The minimum atomic E-state index is -0.104. The SMILES string of the molecule is CC(C)(C)c1nc(-c2cccc(Cl)c2)c2c(N)nccn12. The number of nitrogens with zero attached hydrogens (tertiary/aromatic N) is 3. The van der Waals surface area contributed by atoms with E-state index in [1.54, 1.807) is 6.20 Å². The molecule has 2 N–H and O–H groups in total. The normalized spacial score (nSPS) is 12.0.